The van der Waals surface area contributed by atoms with E-state index in [1.807, 2.05) is 6.92 Å². The molecule has 0 radical (unpaired) electrons. The van der Waals surface area contributed by atoms with Gasteiger partial charge < -0.3 is 10.8 Å². The lowest BCUT2D eigenvalue weighted by atomic mass is 9.96. The number of halogens is 2. The number of nitrogens with two attached hydrogens (primary N) is 1. The van der Waals surface area contributed by atoms with Crippen molar-refractivity contribution in [1.29, 1.82) is 0 Å². The highest BCUT2D eigenvalue weighted by atomic mass is 19.1. The zero-order valence-corrected chi connectivity index (χ0v) is 13.7. The number of nitrogens with zero attached hydrogens (tertiary/aromatic N) is 3. The maximum absolute atomic E-state index is 14.1. The summed E-state index contributed by atoms with van der Waals surface area (Å²) in [6.07, 6.45) is 3.37. The Hall–Kier alpha value is -3.42. The molecule has 3 N–H and O–H groups in total. The zero-order chi connectivity index (χ0) is 18.8. The van der Waals surface area contributed by atoms with Gasteiger partial charge in [0.1, 0.15) is 29.3 Å². The molecule has 2 heterocycles. The van der Waals surface area contributed by atoms with Crippen LogP contribution in [0.2, 0.25) is 0 Å². The van der Waals surface area contributed by atoms with Crippen molar-refractivity contribution >= 4 is 11.8 Å². The molecule has 0 spiro atoms. The number of aromatic nitrogens is 3. The van der Waals surface area contributed by atoms with Gasteiger partial charge >= 0.3 is 5.97 Å². The maximum atomic E-state index is 14.1. The van der Waals surface area contributed by atoms with E-state index in [2.05, 4.69) is 15.0 Å². The molecule has 6 nitrogen and oxygen atoms in total. The summed E-state index contributed by atoms with van der Waals surface area (Å²) in [7, 11) is 0. The SMILES string of the molecule is CCc1ncnc(-c2cc(F)c(C(=O)O)c(F)c2)c1-c1ccc(N)nc1. The van der Waals surface area contributed by atoms with E-state index in [1.165, 1.54) is 12.5 Å². The Bertz CT molecular complexity index is 968. The predicted molar refractivity (Wildman–Crippen MR) is 91.4 cm³/mol. The Morgan fingerprint density at radius 2 is 1.81 bits per heavy atom. The summed E-state index contributed by atoms with van der Waals surface area (Å²) in [6.45, 7) is 1.88. The first-order chi connectivity index (χ1) is 12.4. The van der Waals surface area contributed by atoms with E-state index in [9.17, 15) is 13.6 Å². The first-order valence-corrected chi connectivity index (χ1v) is 7.70. The second-order valence-electron chi connectivity index (χ2n) is 5.49. The fourth-order valence-electron chi connectivity index (χ4n) is 2.68. The average Bonchev–Trinajstić information content (AvgIpc) is 2.60. The van der Waals surface area contributed by atoms with Crippen molar-refractivity contribution in [3.8, 4) is 22.4 Å². The lowest BCUT2D eigenvalue weighted by molar-refractivity contribution is 0.0686. The summed E-state index contributed by atoms with van der Waals surface area (Å²) in [4.78, 5) is 23.4. The van der Waals surface area contributed by atoms with Crippen molar-refractivity contribution in [3.63, 3.8) is 0 Å². The first kappa shape index (κ1) is 17.4. The van der Waals surface area contributed by atoms with Crippen molar-refractivity contribution in [3.05, 3.63) is 59.7 Å². The van der Waals surface area contributed by atoms with Crippen LogP contribution in [0.5, 0.6) is 0 Å². The summed E-state index contributed by atoms with van der Waals surface area (Å²) in [5, 5.41) is 8.92. The van der Waals surface area contributed by atoms with Gasteiger partial charge in [-0.1, -0.05) is 6.92 Å². The van der Waals surface area contributed by atoms with Crippen LogP contribution in [-0.2, 0) is 6.42 Å². The quantitative estimate of drug-likeness (QED) is 0.743. The van der Waals surface area contributed by atoms with Crippen LogP contribution in [0.3, 0.4) is 0 Å². The van der Waals surface area contributed by atoms with Crippen molar-refractivity contribution in [2.45, 2.75) is 13.3 Å². The van der Waals surface area contributed by atoms with Gasteiger partial charge in [-0.25, -0.2) is 28.5 Å². The van der Waals surface area contributed by atoms with E-state index in [-0.39, 0.29) is 11.3 Å². The smallest absolute Gasteiger partial charge is 0.341 e. The Kier molecular flexibility index (Phi) is 4.57. The molecule has 132 valence electrons. The van der Waals surface area contributed by atoms with E-state index in [0.717, 1.165) is 12.1 Å². The summed E-state index contributed by atoms with van der Waals surface area (Å²) in [6, 6.07) is 5.20. The third-order valence-electron chi connectivity index (χ3n) is 3.87. The minimum Gasteiger partial charge on any atom is -0.477 e. The van der Waals surface area contributed by atoms with Gasteiger partial charge in [0.25, 0.3) is 0 Å². The van der Waals surface area contributed by atoms with E-state index < -0.39 is 23.2 Å². The Morgan fingerprint density at radius 3 is 2.35 bits per heavy atom. The van der Waals surface area contributed by atoms with Gasteiger partial charge in [0.2, 0.25) is 0 Å². The molecular weight excluding hydrogens is 342 g/mol. The third-order valence-corrected chi connectivity index (χ3v) is 3.87. The highest BCUT2D eigenvalue weighted by Crippen LogP contribution is 2.34. The van der Waals surface area contributed by atoms with Crippen LogP contribution in [-0.4, -0.2) is 26.0 Å². The number of pyridine rings is 1. The van der Waals surface area contributed by atoms with Crippen molar-refractivity contribution < 1.29 is 18.7 Å². The number of carboxylic acids is 1. The van der Waals surface area contributed by atoms with Crippen molar-refractivity contribution in [1.82, 2.24) is 15.0 Å². The van der Waals surface area contributed by atoms with Gasteiger partial charge in [0.05, 0.1) is 11.4 Å². The van der Waals surface area contributed by atoms with Gasteiger partial charge in [-0.05, 0) is 30.7 Å². The van der Waals surface area contributed by atoms with Gasteiger partial charge in [-0.3, -0.25) is 0 Å². The Morgan fingerprint density at radius 1 is 1.12 bits per heavy atom. The fourth-order valence-corrected chi connectivity index (χ4v) is 2.68. The van der Waals surface area contributed by atoms with Crippen LogP contribution in [0.25, 0.3) is 22.4 Å². The molecule has 0 aliphatic heterocycles. The Labute approximate surface area is 147 Å². The molecule has 0 aliphatic rings. The average molecular weight is 356 g/mol. The summed E-state index contributed by atoms with van der Waals surface area (Å²) >= 11 is 0. The van der Waals surface area contributed by atoms with Crippen LogP contribution in [0.4, 0.5) is 14.6 Å². The molecule has 0 saturated heterocycles. The molecule has 3 rings (SSSR count). The minimum absolute atomic E-state index is 0.105. The Balaban J connectivity index is 2.26. The number of anilines is 1. The number of carbonyl (C=O) groups is 1. The van der Waals surface area contributed by atoms with Gasteiger partial charge in [-0.15, -0.1) is 0 Å². The number of benzene rings is 1. The predicted octanol–water partition coefficient (Wildman–Crippen LogP) is 3.33. The first-order valence-electron chi connectivity index (χ1n) is 7.70. The number of nitrogen functional groups attached to an aromatic ring is 1. The number of aromatic carboxylic acids is 1. The molecule has 1 aromatic carbocycles. The van der Waals surface area contributed by atoms with Crippen LogP contribution in [0.1, 0.15) is 23.0 Å². The van der Waals surface area contributed by atoms with Crippen molar-refractivity contribution in [2.75, 3.05) is 5.73 Å². The molecule has 8 heteroatoms. The second-order valence-corrected chi connectivity index (χ2v) is 5.49. The molecule has 0 unspecified atom stereocenters. The summed E-state index contributed by atoms with van der Waals surface area (Å²) in [5.41, 5.74) is 6.84. The standard InChI is InChI=1S/C18H14F2N4O2/c1-2-13-15(9-3-4-14(21)22-7-9)17(24-8-23-13)10-5-11(19)16(18(25)26)12(20)6-10/h3-8H,2H2,1H3,(H2,21,22)(H,25,26). The lowest BCUT2D eigenvalue weighted by Gasteiger charge is -2.13. The molecule has 0 aliphatic carbocycles. The lowest BCUT2D eigenvalue weighted by Crippen LogP contribution is -2.06. The van der Waals surface area contributed by atoms with Gasteiger partial charge in [0.15, 0.2) is 0 Å². The van der Waals surface area contributed by atoms with E-state index in [4.69, 9.17) is 10.8 Å². The molecule has 0 atom stereocenters. The van der Waals surface area contributed by atoms with E-state index in [0.29, 0.717) is 29.1 Å². The van der Waals surface area contributed by atoms with Crippen molar-refractivity contribution in [2.24, 2.45) is 0 Å². The molecule has 26 heavy (non-hydrogen) atoms. The number of rotatable bonds is 4. The fraction of sp³-hybridized carbons (Fsp3) is 0.111. The molecular formula is C18H14F2N4O2. The third kappa shape index (κ3) is 3.08. The summed E-state index contributed by atoms with van der Waals surface area (Å²) < 4.78 is 28.2. The highest BCUT2D eigenvalue weighted by Gasteiger charge is 2.21. The molecule has 0 amide bonds. The molecule has 2 aromatic heterocycles. The highest BCUT2D eigenvalue weighted by molar-refractivity contribution is 5.90. The minimum atomic E-state index is -1.67. The second kappa shape index (κ2) is 6.83. The number of carboxylic acid groups (broad SMARTS) is 1. The molecule has 3 aromatic rings. The number of hydrogen-bond donors (Lipinski definition) is 2. The topological polar surface area (TPSA) is 102 Å². The van der Waals surface area contributed by atoms with E-state index >= 15 is 0 Å². The van der Waals surface area contributed by atoms with Crippen LogP contribution >= 0.6 is 0 Å². The number of hydrogen-bond acceptors (Lipinski definition) is 5. The largest absolute Gasteiger partial charge is 0.477 e. The van der Waals surface area contributed by atoms with Crippen LogP contribution in [0.15, 0.2) is 36.8 Å². The normalized spacial score (nSPS) is 10.7. The van der Waals surface area contributed by atoms with Crippen LogP contribution in [0, 0.1) is 11.6 Å². The molecule has 0 bridgehead atoms. The monoisotopic (exact) mass is 356 g/mol. The van der Waals surface area contributed by atoms with Crippen LogP contribution < -0.4 is 5.73 Å². The van der Waals surface area contributed by atoms with E-state index in [1.54, 1.807) is 12.1 Å². The van der Waals surface area contributed by atoms with Gasteiger partial charge in [0, 0.05) is 22.9 Å². The zero-order valence-electron chi connectivity index (χ0n) is 13.7. The van der Waals surface area contributed by atoms with Gasteiger partial charge in [-0.2, -0.15) is 0 Å². The maximum Gasteiger partial charge on any atom is 0.341 e. The number of aryl methyl sites for hydroxylation is 1. The summed E-state index contributed by atoms with van der Waals surface area (Å²) in [5.74, 6) is -3.70. The molecule has 0 saturated carbocycles. The molecule has 0 fully saturated rings.